The standard InChI is InChI=1S/C41H74O14P2/c1-4-5-6-7-8-10-14-18-23-28-37(42)29-24-19-16-21-25-30-40(44)51-34-39(35-54-57(49,50)53-33-38(43)32-52-56(46,47)48)55-41(45)31-26-20-15-12-9-11-13-17-22-27-36(2)3/h8,10,16,18-19,23-24,29,36-39,42-43H,4-7,9,11-15,17,20-22,25-28,30-35H2,1-3H3,(H,49,50)(H2,46,47,48)/b10-8-,19-16+,23-18-,29-24-/t37?,38-,39+/m0/s1. The minimum Gasteiger partial charge on any atom is -0.462 e. The molecule has 0 amide bonds. The summed E-state index contributed by atoms with van der Waals surface area (Å²) in [5.74, 6) is -0.421. The summed E-state index contributed by atoms with van der Waals surface area (Å²) in [6.45, 7) is 3.82. The minimum absolute atomic E-state index is 0.0597. The molecule has 0 heterocycles. The second-order valence-electron chi connectivity index (χ2n) is 14.6. The number of esters is 2. The van der Waals surface area contributed by atoms with Gasteiger partial charge in [0.05, 0.1) is 25.9 Å². The molecular weight excluding hydrogens is 778 g/mol. The van der Waals surface area contributed by atoms with Gasteiger partial charge in [-0.1, -0.05) is 140 Å². The molecule has 0 aromatic rings. The summed E-state index contributed by atoms with van der Waals surface area (Å²) in [5.41, 5.74) is 0. The van der Waals surface area contributed by atoms with Crippen molar-refractivity contribution in [3.05, 3.63) is 48.6 Å². The molecule has 2 unspecified atom stereocenters. The lowest BCUT2D eigenvalue weighted by molar-refractivity contribution is -0.161. The van der Waals surface area contributed by atoms with Crippen LogP contribution in [0.2, 0.25) is 0 Å². The van der Waals surface area contributed by atoms with Crippen LogP contribution in [0.25, 0.3) is 0 Å². The summed E-state index contributed by atoms with van der Waals surface area (Å²) in [4.78, 5) is 52.5. The Labute approximate surface area is 342 Å². The first-order valence-corrected chi connectivity index (χ1v) is 23.8. The van der Waals surface area contributed by atoms with Crippen molar-refractivity contribution in [3.63, 3.8) is 0 Å². The highest BCUT2D eigenvalue weighted by atomic mass is 31.2. The van der Waals surface area contributed by atoms with Crippen molar-refractivity contribution in [3.8, 4) is 0 Å². The largest absolute Gasteiger partial charge is 0.472 e. The maximum atomic E-state index is 12.6. The minimum atomic E-state index is -4.88. The lowest BCUT2D eigenvalue weighted by Crippen LogP contribution is -2.30. The van der Waals surface area contributed by atoms with Crippen LogP contribution in [-0.4, -0.2) is 81.6 Å². The van der Waals surface area contributed by atoms with Gasteiger partial charge in [-0.2, -0.15) is 0 Å². The molecule has 0 saturated carbocycles. The van der Waals surface area contributed by atoms with Gasteiger partial charge in [0.25, 0.3) is 0 Å². The Morgan fingerprint density at radius 1 is 0.632 bits per heavy atom. The van der Waals surface area contributed by atoms with Crippen molar-refractivity contribution in [2.75, 3.05) is 26.4 Å². The Kier molecular flexibility index (Phi) is 34.7. The molecule has 332 valence electrons. The fourth-order valence-electron chi connectivity index (χ4n) is 5.25. The summed E-state index contributed by atoms with van der Waals surface area (Å²) in [6.07, 6.45) is 30.1. The van der Waals surface area contributed by atoms with E-state index in [1.165, 1.54) is 51.4 Å². The smallest absolute Gasteiger partial charge is 0.462 e. The van der Waals surface area contributed by atoms with E-state index in [0.717, 1.165) is 44.4 Å². The van der Waals surface area contributed by atoms with E-state index in [-0.39, 0.29) is 12.8 Å². The van der Waals surface area contributed by atoms with Gasteiger partial charge in [0.15, 0.2) is 6.10 Å². The number of aliphatic hydroxyl groups is 2. The van der Waals surface area contributed by atoms with E-state index in [9.17, 15) is 33.8 Å². The number of hydrogen-bond acceptors (Lipinski definition) is 11. The first kappa shape index (κ1) is 55.0. The summed E-state index contributed by atoms with van der Waals surface area (Å²) < 4.78 is 47.6. The molecule has 0 aromatic carbocycles. The normalized spacial score (nSPS) is 15.2. The molecule has 0 radical (unpaired) electrons. The van der Waals surface area contributed by atoms with Crippen molar-refractivity contribution in [2.45, 2.75) is 167 Å². The highest BCUT2D eigenvalue weighted by Gasteiger charge is 2.28. The molecule has 5 N–H and O–H groups in total. The number of aliphatic hydroxyl groups excluding tert-OH is 2. The number of unbranched alkanes of at least 4 members (excludes halogenated alkanes) is 12. The molecule has 0 spiro atoms. The predicted molar refractivity (Wildman–Crippen MR) is 222 cm³/mol. The Hall–Kier alpha value is -1.96. The van der Waals surface area contributed by atoms with Gasteiger partial charge in [-0.3, -0.25) is 23.2 Å². The Balaban J connectivity index is 4.71. The molecule has 0 aromatic heterocycles. The van der Waals surface area contributed by atoms with E-state index in [2.05, 4.69) is 42.0 Å². The van der Waals surface area contributed by atoms with E-state index < -0.39 is 72.3 Å². The lowest BCUT2D eigenvalue weighted by atomic mass is 10.0. The van der Waals surface area contributed by atoms with Gasteiger partial charge in [0.1, 0.15) is 12.7 Å². The maximum absolute atomic E-state index is 12.6. The third kappa shape index (κ3) is 40.6. The van der Waals surface area contributed by atoms with Crippen LogP contribution in [0.15, 0.2) is 48.6 Å². The first-order chi connectivity index (χ1) is 27.1. The quantitative estimate of drug-likeness (QED) is 0.0129. The van der Waals surface area contributed by atoms with Crippen LogP contribution in [0.3, 0.4) is 0 Å². The van der Waals surface area contributed by atoms with Crippen molar-refractivity contribution < 1.29 is 66.7 Å². The van der Waals surface area contributed by atoms with Crippen molar-refractivity contribution in [1.82, 2.24) is 0 Å². The van der Waals surface area contributed by atoms with Gasteiger partial charge in [0, 0.05) is 12.8 Å². The molecule has 0 bridgehead atoms. The van der Waals surface area contributed by atoms with Crippen LogP contribution >= 0.6 is 15.6 Å². The number of ether oxygens (including phenoxy) is 2. The van der Waals surface area contributed by atoms with Gasteiger partial charge < -0.3 is 34.4 Å². The van der Waals surface area contributed by atoms with Gasteiger partial charge >= 0.3 is 27.6 Å². The van der Waals surface area contributed by atoms with Crippen LogP contribution in [0, 0.1) is 5.92 Å². The van der Waals surface area contributed by atoms with Crippen LogP contribution in [-0.2, 0) is 41.8 Å². The highest BCUT2D eigenvalue weighted by Crippen LogP contribution is 2.43. The zero-order valence-corrected chi connectivity index (χ0v) is 36.5. The second kappa shape index (κ2) is 35.9. The van der Waals surface area contributed by atoms with Gasteiger partial charge in [0.2, 0.25) is 0 Å². The van der Waals surface area contributed by atoms with Gasteiger partial charge in [-0.25, -0.2) is 9.13 Å². The predicted octanol–water partition coefficient (Wildman–Crippen LogP) is 9.11. The van der Waals surface area contributed by atoms with E-state index in [1.807, 2.05) is 18.2 Å². The molecule has 0 rings (SSSR count). The second-order valence-corrected chi connectivity index (χ2v) is 17.3. The number of allylic oxidation sites excluding steroid dienone is 6. The molecule has 16 heteroatoms. The van der Waals surface area contributed by atoms with Crippen LogP contribution in [0.1, 0.15) is 149 Å². The van der Waals surface area contributed by atoms with E-state index in [1.54, 1.807) is 18.2 Å². The lowest BCUT2D eigenvalue weighted by Gasteiger charge is -2.20. The van der Waals surface area contributed by atoms with Crippen LogP contribution < -0.4 is 0 Å². The van der Waals surface area contributed by atoms with Crippen molar-refractivity contribution >= 4 is 27.6 Å². The van der Waals surface area contributed by atoms with Crippen molar-refractivity contribution in [1.29, 1.82) is 0 Å². The molecule has 0 aliphatic rings. The molecule has 4 atom stereocenters. The number of carbonyl (C=O) groups is 2. The van der Waals surface area contributed by atoms with E-state index >= 15 is 0 Å². The first-order valence-electron chi connectivity index (χ1n) is 20.8. The monoisotopic (exact) mass is 852 g/mol. The third-order valence-corrected chi connectivity index (χ3v) is 9.91. The average molecular weight is 853 g/mol. The fourth-order valence-corrected chi connectivity index (χ4v) is 6.41. The zero-order valence-electron chi connectivity index (χ0n) is 34.7. The summed E-state index contributed by atoms with van der Waals surface area (Å²) >= 11 is 0. The molecule has 57 heavy (non-hydrogen) atoms. The zero-order chi connectivity index (χ0) is 42.6. The third-order valence-electron chi connectivity index (χ3n) is 8.47. The fraction of sp³-hybridized carbons (Fsp3) is 0.756. The molecule has 0 aliphatic carbocycles. The van der Waals surface area contributed by atoms with Gasteiger partial charge in [-0.15, -0.1) is 0 Å². The summed E-state index contributed by atoms with van der Waals surface area (Å²) in [5, 5.41) is 19.8. The maximum Gasteiger partial charge on any atom is 0.472 e. The van der Waals surface area contributed by atoms with E-state index in [0.29, 0.717) is 25.7 Å². The summed E-state index contributed by atoms with van der Waals surface area (Å²) in [7, 11) is -9.71. The number of phosphoric ester groups is 2. The summed E-state index contributed by atoms with van der Waals surface area (Å²) in [6, 6.07) is 0. The number of rotatable bonds is 38. The van der Waals surface area contributed by atoms with E-state index in [4.69, 9.17) is 23.8 Å². The molecule has 0 fully saturated rings. The molecule has 14 nitrogen and oxygen atoms in total. The van der Waals surface area contributed by atoms with Crippen LogP contribution in [0.4, 0.5) is 0 Å². The Morgan fingerprint density at radius 3 is 1.89 bits per heavy atom. The highest BCUT2D eigenvalue weighted by molar-refractivity contribution is 7.47. The molecular formula is C41H74O14P2. The Bertz CT molecular complexity index is 1230. The van der Waals surface area contributed by atoms with Crippen LogP contribution in [0.5, 0.6) is 0 Å². The van der Waals surface area contributed by atoms with Crippen molar-refractivity contribution in [2.24, 2.45) is 5.92 Å². The average Bonchev–Trinajstić information content (AvgIpc) is 3.14. The number of carbonyl (C=O) groups excluding carboxylic acids is 2. The molecule has 0 saturated heterocycles. The van der Waals surface area contributed by atoms with Gasteiger partial charge in [-0.05, 0) is 50.9 Å². The number of hydrogen-bond donors (Lipinski definition) is 5. The topological polar surface area (TPSA) is 216 Å². The SMILES string of the molecule is CCCCC/C=C\C/C=C\CC(O)/C=C\C=C\CCCC(=O)OC[C@H](COP(=O)(O)OC[C@@H](O)COP(=O)(O)O)OC(=O)CCCCCCCCCCCC(C)C. The number of phosphoric acid groups is 2. The molecule has 0 aliphatic heterocycles. The Morgan fingerprint density at radius 2 is 1.23 bits per heavy atom.